The van der Waals surface area contributed by atoms with Gasteiger partial charge >= 0.3 is 23.9 Å². The number of carbonyl (C=O) groups is 4. The fraction of sp³-hybridized carbons (Fsp3) is 0.846. The van der Waals surface area contributed by atoms with Crippen molar-refractivity contribution in [3.63, 3.8) is 0 Å². The Morgan fingerprint density at radius 3 is 1.12 bits per heavy atom. The fourth-order valence-electron chi connectivity index (χ4n) is 9.71. The molecule has 0 aromatic carbocycles. The van der Waals surface area contributed by atoms with Crippen LogP contribution in [0.25, 0.3) is 0 Å². The Morgan fingerprint density at radius 1 is 0.416 bits per heavy atom. The maximum atomic E-state index is 13.2. The number of aliphatic hydroxyl groups excluding tert-OH is 2. The second-order valence-corrected chi connectivity index (χ2v) is 22.0. The number of unbranched alkanes of at least 4 members (excludes halogenated alkanes) is 35. The molecule has 12 nitrogen and oxygen atoms in total. The monoisotopic (exact) mass is 1090 g/mol. The smallest absolute Gasteiger partial charge is 0.335 e. The summed E-state index contributed by atoms with van der Waals surface area (Å²) in [5, 5.41) is 31.5. The van der Waals surface area contributed by atoms with E-state index in [9.17, 15) is 34.5 Å². The zero-order valence-corrected chi connectivity index (χ0v) is 49.5. The van der Waals surface area contributed by atoms with Crippen LogP contribution in [0, 0.1) is 0 Å². The Hall–Kier alpha value is -3.06. The van der Waals surface area contributed by atoms with E-state index in [1.165, 1.54) is 148 Å². The van der Waals surface area contributed by atoms with Crippen molar-refractivity contribution in [3.05, 3.63) is 36.5 Å². The summed E-state index contributed by atoms with van der Waals surface area (Å²) >= 11 is 0. The molecular formula is C65H116O12. The molecule has 1 aliphatic heterocycles. The lowest BCUT2D eigenvalue weighted by Gasteiger charge is -2.40. The van der Waals surface area contributed by atoms with Crippen LogP contribution >= 0.6 is 0 Å². The van der Waals surface area contributed by atoms with Gasteiger partial charge in [-0.1, -0.05) is 224 Å². The van der Waals surface area contributed by atoms with Gasteiger partial charge in [-0.25, -0.2) is 4.79 Å². The van der Waals surface area contributed by atoms with Crippen LogP contribution in [0.3, 0.4) is 0 Å². The van der Waals surface area contributed by atoms with Gasteiger partial charge in [0.25, 0.3) is 0 Å². The highest BCUT2D eigenvalue weighted by Gasteiger charge is 2.50. The van der Waals surface area contributed by atoms with Crippen LogP contribution in [-0.4, -0.2) is 89.2 Å². The van der Waals surface area contributed by atoms with Crippen molar-refractivity contribution in [2.24, 2.45) is 0 Å². The number of carbonyl (C=O) groups excluding carboxylic acids is 3. The Labute approximate surface area is 470 Å². The van der Waals surface area contributed by atoms with E-state index in [0.717, 1.165) is 96.3 Å². The minimum atomic E-state index is -1.90. The number of aliphatic carboxylic acids is 1. The summed E-state index contributed by atoms with van der Waals surface area (Å²) in [4.78, 5) is 51.2. The molecule has 6 unspecified atom stereocenters. The largest absolute Gasteiger partial charge is 0.479 e. The first-order chi connectivity index (χ1) is 37.6. The van der Waals surface area contributed by atoms with Crippen molar-refractivity contribution in [2.75, 3.05) is 13.2 Å². The molecule has 77 heavy (non-hydrogen) atoms. The number of carboxylic acid groups (broad SMARTS) is 1. The molecule has 0 spiro atoms. The summed E-state index contributed by atoms with van der Waals surface area (Å²) in [6.45, 7) is 5.99. The number of hydrogen-bond acceptors (Lipinski definition) is 11. The maximum absolute atomic E-state index is 13.2. The van der Waals surface area contributed by atoms with E-state index in [1.807, 2.05) is 0 Å². The summed E-state index contributed by atoms with van der Waals surface area (Å²) in [6.07, 6.45) is 51.1. The highest BCUT2D eigenvalue weighted by atomic mass is 16.7. The van der Waals surface area contributed by atoms with Crippen LogP contribution < -0.4 is 0 Å². The first-order valence-corrected chi connectivity index (χ1v) is 32.0. The molecule has 448 valence electrons. The number of ether oxygens (including phenoxy) is 5. The number of rotatable bonds is 55. The van der Waals surface area contributed by atoms with Gasteiger partial charge in [0.05, 0.1) is 6.61 Å². The zero-order chi connectivity index (χ0) is 56.1. The molecule has 1 saturated heterocycles. The van der Waals surface area contributed by atoms with Gasteiger partial charge in [-0.2, -0.15) is 0 Å². The highest BCUT2D eigenvalue weighted by molar-refractivity contribution is 5.74. The molecule has 6 atom stereocenters. The van der Waals surface area contributed by atoms with Crippen molar-refractivity contribution < 1.29 is 58.2 Å². The van der Waals surface area contributed by atoms with Gasteiger partial charge in [0, 0.05) is 19.3 Å². The van der Waals surface area contributed by atoms with Crippen LogP contribution in [0.2, 0.25) is 0 Å². The Balaban J connectivity index is 2.65. The van der Waals surface area contributed by atoms with E-state index in [2.05, 4.69) is 57.2 Å². The third kappa shape index (κ3) is 43.4. The lowest BCUT2D eigenvalue weighted by molar-refractivity contribution is -0.301. The van der Waals surface area contributed by atoms with Gasteiger partial charge in [0.15, 0.2) is 24.6 Å². The molecule has 0 saturated carbocycles. The zero-order valence-electron chi connectivity index (χ0n) is 49.5. The minimum Gasteiger partial charge on any atom is -0.479 e. The number of hydrogen-bond donors (Lipinski definition) is 3. The Morgan fingerprint density at radius 2 is 0.740 bits per heavy atom. The second kappa shape index (κ2) is 53.6. The maximum Gasteiger partial charge on any atom is 0.335 e. The average Bonchev–Trinajstić information content (AvgIpc) is 3.42. The molecule has 0 bridgehead atoms. The van der Waals surface area contributed by atoms with Crippen molar-refractivity contribution in [1.29, 1.82) is 0 Å². The molecule has 1 fully saturated rings. The van der Waals surface area contributed by atoms with Gasteiger partial charge in [0.2, 0.25) is 0 Å². The van der Waals surface area contributed by atoms with Crippen LogP contribution in [0.15, 0.2) is 36.5 Å². The first kappa shape index (κ1) is 72.0. The van der Waals surface area contributed by atoms with Crippen molar-refractivity contribution in [2.45, 2.75) is 340 Å². The Kier molecular flexibility index (Phi) is 50.1. The number of allylic oxidation sites excluding steroid dienone is 6. The predicted octanol–water partition coefficient (Wildman–Crippen LogP) is 16.8. The molecule has 1 aliphatic rings. The minimum absolute atomic E-state index is 0.0522. The highest BCUT2D eigenvalue weighted by Crippen LogP contribution is 2.27. The van der Waals surface area contributed by atoms with E-state index < -0.39 is 67.3 Å². The van der Waals surface area contributed by atoms with E-state index >= 15 is 0 Å². The molecule has 0 radical (unpaired) electrons. The van der Waals surface area contributed by atoms with Gasteiger partial charge in [-0.05, 0) is 96.3 Å². The first-order valence-electron chi connectivity index (χ1n) is 32.0. The lowest BCUT2D eigenvalue weighted by Crippen LogP contribution is -2.61. The molecule has 0 aromatic rings. The third-order valence-corrected chi connectivity index (χ3v) is 14.7. The van der Waals surface area contributed by atoms with E-state index in [4.69, 9.17) is 23.7 Å². The molecule has 3 N–H and O–H groups in total. The molecule has 1 heterocycles. The normalized spacial score (nSPS) is 18.2. The SMILES string of the molecule is CCCCCC/C=C\CCCCCCCC(=O)OC(COC(=O)CCCCCCCCCCC/C=C\CCCCCCCC)COC1OC(C(=O)O)C(O)C(O)C1OC(=O)CCCCCCC/C=C\CCCCCCCC. The Bertz CT molecular complexity index is 1480. The summed E-state index contributed by atoms with van der Waals surface area (Å²) < 4.78 is 28.5. The number of carboxylic acids is 1. The topological polar surface area (TPSA) is 175 Å². The summed E-state index contributed by atoms with van der Waals surface area (Å²) in [7, 11) is 0. The molecule has 1 rings (SSSR count). The van der Waals surface area contributed by atoms with Crippen LogP contribution in [0.1, 0.15) is 303 Å². The van der Waals surface area contributed by atoms with Crippen LogP contribution in [0.5, 0.6) is 0 Å². The van der Waals surface area contributed by atoms with Crippen LogP contribution in [0.4, 0.5) is 0 Å². The van der Waals surface area contributed by atoms with Crippen molar-refractivity contribution >= 4 is 23.9 Å². The van der Waals surface area contributed by atoms with Crippen LogP contribution in [-0.2, 0) is 42.9 Å². The molecule has 0 aromatic heterocycles. The van der Waals surface area contributed by atoms with E-state index in [-0.39, 0.29) is 25.9 Å². The predicted molar refractivity (Wildman–Crippen MR) is 313 cm³/mol. The quantitative estimate of drug-likeness (QED) is 0.0228. The van der Waals surface area contributed by atoms with E-state index in [0.29, 0.717) is 19.3 Å². The van der Waals surface area contributed by atoms with Gasteiger partial charge < -0.3 is 39.0 Å². The standard InChI is InChI=1S/C65H116O12/c1-4-7-10-13-16-19-22-25-27-28-29-30-32-34-36-39-42-45-48-51-57(66)73-54-56(75-58(67)52-49-46-43-40-37-33-24-21-18-15-12-9-6-3)55-74-65-63(61(70)60(69)62(77-65)64(71)72)76-59(68)53-50-47-44-41-38-35-31-26-23-20-17-14-11-8-5-2/h21,24-27,31,56,60-63,65,69-70H,4-20,22-23,28-30,32-55H2,1-3H3,(H,71,72)/b24-21-,27-25-,31-26-. The summed E-state index contributed by atoms with van der Waals surface area (Å²) in [5.74, 6) is -3.12. The molecule has 0 aliphatic carbocycles. The lowest BCUT2D eigenvalue weighted by atomic mass is 9.98. The number of aliphatic hydroxyl groups is 2. The van der Waals surface area contributed by atoms with Crippen molar-refractivity contribution in [3.8, 4) is 0 Å². The average molecular weight is 1090 g/mol. The van der Waals surface area contributed by atoms with Gasteiger partial charge in [0.1, 0.15) is 18.8 Å². The summed E-state index contributed by atoms with van der Waals surface area (Å²) in [5.41, 5.74) is 0. The van der Waals surface area contributed by atoms with Gasteiger partial charge in [-0.3, -0.25) is 14.4 Å². The molecule has 12 heteroatoms. The van der Waals surface area contributed by atoms with Gasteiger partial charge in [-0.15, -0.1) is 0 Å². The number of esters is 3. The van der Waals surface area contributed by atoms with E-state index in [1.54, 1.807) is 0 Å². The second-order valence-electron chi connectivity index (χ2n) is 22.0. The molecule has 0 amide bonds. The third-order valence-electron chi connectivity index (χ3n) is 14.7. The van der Waals surface area contributed by atoms with Crippen molar-refractivity contribution in [1.82, 2.24) is 0 Å². The summed E-state index contributed by atoms with van der Waals surface area (Å²) in [6, 6.07) is 0. The fourth-order valence-corrected chi connectivity index (χ4v) is 9.71. The molecular weight excluding hydrogens is 973 g/mol.